The molecule has 0 aliphatic rings. The van der Waals surface area contributed by atoms with Crippen LogP contribution in [-0.2, 0) is 11.3 Å². The van der Waals surface area contributed by atoms with E-state index in [4.69, 9.17) is 0 Å². The molecule has 18 heavy (non-hydrogen) atoms. The number of carbonyl (C=O) groups excluding carboxylic acids is 1. The Morgan fingerprint density at radius 3 is 2.61 bits per heavy atom. The lowest BCUT2D eigenvalue weighted by atomic mass is 10.1. The molecule has 100 valence electrons. The third-order valence-electron chi connectivity index (χ3n) is 3.00. The second kappa shape index (κ2) is 6.55. The van der Waals surface area contributed by atoms with Crippen LogP contribution in [0.1, 0.15) is 30.5 Å². The predicted molar refractivity (Wildman–Crippen MR) is 75.5 cm³/mol. The zero-order valence-corrected chi connectivity index (χ0v) is 12.1. The molecule has 0 saturated heterocycles. The second-order valence-electron chi connectivity index (χ2n) is 5.22. The maximum Gasteiger partial charge on any atom is 0.236 e. The lowest BCUT2D eigenvalue weighted by Crippen LogP contribution is -2.37. The molecule has 0 spiro atoms. The molecule has 1 N–H and O–H groups in total. The van der Waals surface area contributed by atoms with Crippen molar-refractivity contribution in [1.29, 1.82) is 0 Å². The van der Waals surface area contributed by atoms with Gasteiger partial charge in [-0.25, -0.2) is 0 Å². The van der Waals surface area contributed by atoms with Gasteiger partial charge in [0.25, 0.3) is 0 Å². The Hall–Kier alpha value is -1.35. The first-order valence-corrected chi connectivity index (χ1v) is 6.43. The minimum absolute atomic E-state index is 0.129. The summed E-state index contributed by atoms with van der Waals surface area (Å²) in [4.78, 5) is 13.7. The number of nitrogens with one attached hydrogen (secondary N) is 1. The highest BCUT2D eigenvalue weighted by Crippen LogP contribution is 2.12. The van der Waals surface area contributed by atoms with Crippen LogP contribution in [0.15, 0.2) is 18.2 Å². The van der Waals surface area contributed by atoms with Gasteiger partial charge in [0.15, 0.2) is 0 Å². The van der Waals surface area contributed by atoms with Gasteiger partial charge in [-0.2, -0.15) is 0 Å². The Balaban J connectivity index is 2.60. The van der Waals surface area contributed by atoms with Gasteiger partial charge in [-0.05, 0) is 25.0 Å². The molecule has 0 radical (unpaired) electrons. The number of likely N-dealkylation sites (N-methyl/N-ethyl adjacent to an activating group) is 1. The summed E-state index contributed by atoms with van der Waals surface area (Å²) in [5, 5.41) is 3.15. The van der Waals surface area contributed by atoms with Crippen molar-refractivity contribution in [1.82, 2.24) is 10.2 Å². The molecule has 1 aromatic rings. The average molecular weight is 248 g/mol. The minimum atomic E-state index is 0.129. The SMILES string of the molecule is Cc1ccc(C)c(CN(C)C(=O)CNC(C)C)c1. The molecular weight excluding hydrogens is 224 g/mol. The van der Waals surface area contributed by atoms with E-state index < -0.39 is 0 Å². The van der Waals surface area contributed by atoms with Crippen LogP contribution >= 0.6 is 0 Å². The Bertz CT molecular complexity index is 413. The maximum atomic E-state index is 11.9. The van der Waals surface area contributed by atoms with Crippen LogP contribution in [0.4, 0.5) is 0 Å². The Morgan fingerprint density at radius 2 is 2.00 bits per heavy atom. The van der Waals surface area contributed by atoms with Crippen molar-refractivity contribution >= 4 is 5.91 Å². The normalized spacial score (nSPS) is 10.8. The highest BCUT2D eigenvalue weighted by atomic mass is 16.2. The fourth-order valence-electron chi connectivity index (χ4n) is 1.74. The maximum absolute atomic E-state index is 11.9. The van der Waals surface area contributed by atoms with E-state index in [0.717, 1.165) is 0 Å². The summed E-state index contributed by atoms with van der Waals surface area (Å²) in [6.45, 7) is 9.31. The Morgan fingerprint density at radius 1 is 1.33 bits per heavy atom. The number of benzene rings is 1. The third-order valence-corrected chi connectivity index (χ3v) is 3.00. The molecule has 0 fully saturated rings. The molecule has 3 heteroatoms. The quantitative estimate of drug-likeness (QED) is 0.867. The highest BCUT2D eigenvalue weighted by molar-refractivity contribution is 5.78. The molecule has 0 aliphatic carbocycles. The third kappa shape index (κ3) is 4.49. The van der Waals surface area contributed by atoms with Crippen molar-refractivity contribution in [3.8, 4) is 0 Å². The van der Waals surface area contributed by atoms with E-state index in [2.05, 4.69) is 37.4 Å². The van der Waals surface area contributed by atoms with Crippen LogP contribution in [0, 0.1) is 13.8 Å². The summed E-state index contributed by atoms with van der Waals surface area (Å²) in [5.41, 5.74) is 3.68. The van der Waals surface area contributed by atoms with E-state index >= 15 is 0 Å². The number of hydrogen-bond donors (Lipinski definition) is 1. The summed E-state index contributed by atoms with van der Waals surface area (Å²) >= 11 is 0. The minimum Gasteiger partial charge on any atom is -0.340 e. The van der Waals surface area contributed by atoms with Gasteiger partial charge in [0.1, 0.15) is 0 Å². The molecule has 0 heterocycles. The molecule has 3 nitrogen and oxygen atoms in total. The molecule has 0 aliphatic heterocycles. The zero-order valence-electron chi connectivity index (χ0n) is 12.1. The van der Waals surface area contributed by atoms with Gasteiger partial charge >= 0.3 is 0 Å². The fourth-order valence-corrected chi connectivity index (χ4v) is 1.74. The van der Waals surface area contributed by atoms with Crippen molar-refractivity contribution in [3.63, 3.8) is 0 Å². The number of nitrogens with zero attached hydrogens (tertiary/aromatic N) is 1. The summed E-state index contributed by atoms with van der Waals surface area (Å²) in [6.07, 6.45) is 0. The van der Waals surface area contributed by atoms with Crippen LogP contribution in [0.25, 0.3) is 0 Å². The summed E-state index contributed by atoms with van der Waals surface area (Å²) in [6, 6.07) is 6.69. The van der Waals surface area contributed by atoms with E-state index in [1.807, 2.05) is 20.9 Å². The number of carbonyl (C=O) groups is 1. The van der Waals surface area contributed by atoms with E-state index in [1.165, 1.54) is 16.7 Å². The van der Waals surface area contributed by atoms with Gasteiger partial charge < -0.3 is 10.2 Å². The number of amides is 1. The molecule has 0 unspecified atom stereocenters. The second-order valence-corrected chi connectivity index (χ2v) is 5.22. The van der Waals surface area contributed by atoms with Gasteiger partial charge in [-0.1, -0.05) is 37.6 Å². The van der Waals surface area contributed by atoms with Crippen molar-refractivity contribution in [2.45, 2.75) is 40.3 Å². The number of aryl methyl sites for hydroxylation is 2. The van der Waals surface area contributed by atoms with Gasteiger partial charge in [0.05, 0.1) is 6.54 Å². The average Bonchev–Trinajstić information content (AvgIpc) is 2.30. The Kier molecular flexibility index (Phi) is 5.35. The van der Waals surface area contributed by atoms with Crippen molar-refractivity contribution in [2.24, 2.45) is 0 Å². The molecular formula is C15H24N2O. The van der Waals surface area contributed by atoms with Gasteiger partial charge in [0.2, 0.25) is 5.91 Å². The molecule has 0 bridgehead atoms. The molecule has 1 amide bonds. The van der Waals surface area contributed by atoms with Crippen LogP contribution in [-0.4, -0.2) is 30.4 Å². The molecule has 0 saturated carbocycles. The lowest BCUT2D eigenvalue weighted by Gasteiger charge is -2.20. The van der Waals surface area contributed by atoms with E-state index in [-0.39, 0.29) is 5.91 Å². The lowest BCUT2D eigenvalue weighted by molar-refractivity contribution is -0.129. The predicted octanol–water partition coefficient (Wildman–Crippen LogP) is 2.26. The van der Waals surface area contributed by atoms with E-state index in [0.29, 0.717) is 19.1 Å². The first-order valence-electron chi connectivity index (χ1n) is 6.43. The summed E-state index contributed by atoms with van der Waals surface area (Å²) < 4.78 is 0. The standard InChI is InChI=1S/C15H24N2O/c1-11(2)16-9-15(18)17(5)10-14-8-12(3)6-7-13(14)4/h6-8,11,16H,9-10H2,1-5H3. The van der Waals surface area contributed by atoms with Gasteiger partial charge in [-0.15, -0.1) is 0 Å². The number of rotatable bonds is 5. The summed E-state index contributed by atoms with van der Waals surface area (Å²) in [7, 11) is 1.85. The largest absolute Gasteiger partial charge is 0.340 e. The van der Waals surface area contributed by atoms with E-state index in [1.54, 1.807) is 4.90 Å². The fraction of sp³-hybridized carbons (Fsp3) is 0.533. The van der Waals surface area contributed by atoms with Gasteiger partial charge in [0, 0.05) is 19.6 Å². The Labute approximate surface area is 110 Å². The number of hydrogen-bond acceptors (Lipinski definition) is 2. The van der Waals surface area contributed by atoms with Crippen LogP contribution in [0.2, 0.25) is 0 Å². The van der Waals surface area contributed by atoms with Crippen LogP contribution in [0.5, 0.6) is 0 Å². The van der Waals surface area contributed by atoms with Crippen molar-refractivity contribution < 1.29 is 4.79 Å². The molecule has 1 rings (SSSR count). The van der Waals surface area contributed by atoms with Crippen LogP contribution < -0.4 is 5.32 Å². The summed E-state index contributed by atoms with van der Waals surface area (Å²) in [5.74, 6) is 0.129. The molecule has 1 aromatic carbocycles. The van der Waals surface area contributed by atoms with E-state index in [9.17, 15) is 4.79 Å². The monoisotopic (exact) mass is 248 g/mol. The van der Waals surface area contributed by atoms with Gasteiger partial charge in [-0.3, -0.25) is 4.79 Å². The van der Waals surface area contributed by atoms with Crippen LogP contribution in [0.3, 0.4) is 0 Å². The zero-order chi connectivity index (χ0) is 13.7. The van der Waals surface area contributed by atoms with Crippen molar-refractivity contribution in [3.05, 3.63) is 34.9 Å². The topological polar surface area (TPSA) is 32.3 Å². The highest BCUT2D eigenvalue weighted by Gasteiger charge is 2.10. The molecule has 0 aromatic heterocycles. The first kappa shape index (κ1) is 14.7. The first-order chi connectivity index (χ1) is 8.40. The smallest absolute Gasteiger partial charge is 0.236 e. The van der Waals surface area contributed by atoms with Crippen molar-refractivity contribution in [2.75, 3.05) is 13.6 Å². The molecule has 0 atom stereocenters.